The van der Waals surface area contributed by atoms with Crippen molar-refractivity contribution in [2.75, 3.05) is 46.4 Å². The van der Waals surface area contributed by atoms with Gasteiger partial charge in [0.15, 0.2) is 0 Å². The Morgan fingerprint density at radius 1 is 1.47 bits per heavy atom. The van der Waals surface area contributed by atoms with E-state index in [1.807, 2.05) is 11.9 Å². The summed E-state index contributed by atoms with van der Waals surface area (Å²) < 4.78 is 5.60. The fourth-order valence-corrected chi connectivity index (χ4v) is 2.52. The summed E-state index contributed by atoms with van der Waals surface area (Å²) in [6.07, 6.45) is 0.779. The van der Waals surface area contributed by atoms with Gasteiger partial charge in [0.25, 0.3) is 5.91 Å². The van der Waals surface area contributed by atoms with Crippen molar-refractivity contribution in [3.63, 3.8) is 0 Å². The highest BCUT2D eigenvalue weighted by atomic mass is 35.5. The van der Waals surface area contributed by atoms with E-state index in [0.29, 0.717) is 12.6 Å². The quantitative estimate of drug-likeness (QED) is 0.818. The molecule has 0 radical (unpaired) electrons. The molecule has 2 unspecified atom stereocenters. The van der Waals surface area contributed by atoms with Crippen molar-refractivity contribution in [3.8, 4) is 0 Å². The van der Waals surface area contributed by atoms with Gasteiger partial charge in [0, 0.05) is 32.7 Å². The Morgan fingerprint density at radius 2 is 2.21 bits per heavy atom. The molecule has 5 nitrogen and oxygen atoms in total. The zero-order valence-corrected chi connectivity index (χ0v) is 13.3. The van der Waals surface area contributed by atoms with Crippen molar-refractivity contribution in [3.05, 3.63) is 0 Å². The van der Waals surface area contributed by atoms with Crippen LogP contribution >= 0.6 is 24.8 Å². The van der Waals surface area contributed by atoms with Crippen LogP contribution in [-0.2, 0) is 9.53 Å². The number of carbonyl (C=O) groups is 1. The van der Waals surface area contributed by atoms with E-state index in [2.05, 4.69) is 17.1 Å². The second kappa shape index (κ2) is 8.97. The molecular weight excluding hydrogens is 289 g/mol. The summed E-state index contributed by atoms with van der Waals surface area (Å²) in [5.41, 5.74) is 0. The number of nitrogens with zero attached hydrogens (tertiary/aromatic N) is 2. The van der Waals surface area contributed by atoms with Crippen LogP contribution in [0.15, 0.2) is 0 Å². The minimum absolute atomic E-state index is 0. The maximum atomic E-state index is 12.3. The van der Waals surface area contributed by atoms with Crippen molar-refractivity contribution in [2.24, 2.45) is 0 Å². The first-order valence-corrected chi connectivity index (χ1v) is 6.53. The van der Waals surface area contributed by atoms with Gasteiger partial charge < -0.3 is 15.0 Å². The van der Waals surface area contributed by atoms with Gasteiger partial charge in [-0.1, -0.05) is 6.92 Å². The van der Waals surface area contributed by atoms with E-state index in [1.54, 1.807) is 0 Å². The third kappa shape index (κ3) is 4.76. The Balaban J connectivity index is 0.00000162. The largest absolute Gasteiger partial charge is 0.366 e. The van der Waals surface area contributed by atoms with Crippen LogP contribution in [0, 0.1) is 0 Å². The molecule has 0 aromatic carbocycles. The molecule has 0 aromatic heterocycles. The van der Waals surface area contributed by atoms with E-state index < -0.39 is 0 Å². The molecular formula is C12H25Cl2N3O2. The van der Waals surface area contributed by atoms with Crippen LogP contribution in [0.1, 0.15) is 13.3 Å². The summed E-state index contributed by atoms with van der Waals surface area (Å²) in [5, 5.41) is 3.29. The van der Waals surface area contributed by atoms with Crippen molar-refractivity contribution in [1.82, 2.24) is 15.1 Å². The fourth-order valence-electron chi connectivity index (χ4n) is 2.52. The number of halogens is 2. The number of hydrogen-bond acceptors (Lipinski definition) is 4. The lowest BCUT2D eigenvalue weighted by atomic mass is 10.2. The average Bonchev–Trinajstić information content (AvgIpc) is 2.91. The Labute approximate surface area is 127 Å². The molecule has 2 fully saturated rings. The Kier molecular flexibility index (Phi) is 8.94. The van der Waals surface area contributed by atoms with Gasteiger partial charge in [-0.25, -0.2) is 0 Å². The van der Waals surface area contributed by atoms with Crippen LogP contribution in [0.5, 0.6) is 0 Å². The van der Waals surface area contributed by atoms with Crippen LogP contribution < -0.4 is 5.32 Å². The van der Waals surface area contributed by atoms with Crippen molar-refractivity contribution < 1.29 is 9.53 Å². The third-order valence-electron chi connectivity index (χ3n) is 3.80. The Hall–Kier alpha value is -0.0700. The molecule has 1 N–H and O–H groups in total. The number of amides is 1. The van der Waals surface area contributed by atoms with Crippen molar-refractivity contribution in [1.29, 1.82) is 0 Å². The highest BCUT2D eigenvalue weighted by molar-refractivity contribution is 5.85. The van der Waals surface area contributed by atoms with E-state index in [0.717, 1.165) is 39.1 Å². The van der Waals surface area contributed by atoms with Gasteiger partial charge >= 0.3 is 0 Å². The van der Waals surface area contributed by atoms with Gasteiger partial charge in [-0.3, -0.25) is 9.69 Å². The molecule has 1 amide bonds. The lowest BCUT2D eigenvalue weighted by Crippen LogP contribution is -2.52. The number of hydrogen-bond donors (Lipinski definition) is 1. The van der Waals surface area contributed by atoms with Crippen LogP contribution in [0.2, 0.25) is 0 Å². The van der Waals surface area contributed by atoms with Crippen LogP contribution in [0.3, 0.4) is 0 Å². The summed E-state index contributed by atoms with van der Waals surface area (Å²) >= 11 is 0. The number of rotatable bonds is 3. The zero-order valence-electron chi connectivity index (χ0n) is 11.6. The number of morpholine rings is 1. The molecule has 7 heteroatoms. The lowest BCUT2D eigenvalue weighted by Gasteiger charge is -2.34. The van der Waals surface area contributed by atoms with Gasteiger partial charge in [-0.05, 0) is 19.5 Å². The van der Waals surface area contributed by atoms with Gasteiger partial charge in [-0.15, -0.1) is 24.8 Å². The number of likely N-dealkylation sites (N-methyl/N-ethyl adjacent to an activating group) is 2. The Morgan fingerprint density at radius 3 is 2.79 bits per heavy atom. The highest BCUT2D eigenvalue weighted by Crippen LogP contribution is 2.12. The lowest BCUT2D eigenvalue weighted by molar-refractivity contribution is -0.149. The van der Waals surface area contributed by atoms with E-state index in [9.17, 15) is 4.79 Å². The van der Waals surface area contributed by atoms with Gasteiger partial charge in [-0.2, -0.15) is 0 Å². The summed E-state index contributed by atoms with van der Waals surface area (Å²) in [5.74, 6) is 0.136. The third-order valence-corrected chi connectivity index (χ3v) is 3.80. The second-order valence-corrected chi connectivity index (χ2v) is 4.85. The van der Waals surface area contributed by atoms with Gasteiger partial charge in [0.1, 0.15) is 6.10 Å². The minimum atomic E-state index is -0.269. The van der Waals surface area contributed by atoms with E-state index in [4.69, 9.17) is 4.74 Å². The molecule has 2 rings (SSSR count). The zero-order chi connectivity index (χ0) is 12.3. The molecule has 2 aliphatic heterocycles. The van der Waals surface area contributed by atoms with Crippen molar-refractivity contribution >= 4 is 30.7 Å². The number of nitrogens with one attached hydrogen (secondary N) is 1. The first kappa shape index (κ1) is 18.9. The summed E-state index contributed by atoms with van der Waals surface area (Å²) in [6, 6.07) is 0.336. The predicted octanol–water partition coefficient (Wildman–Crippen LogP) is 0.371. The maximum Gasteiger partial charge on any atom is 0.253 e. The van der Waals surface area contributed by atoms with Crippen LogP contribution in [0.25, 0.3) is 0 Å². The minimum Gasteiger partial charge on any atom is -0.366 e. The molecule has 0 aromatic rings. The standard InChI is InChI=1S/C12H23N3O2.2ClH/c1-3-15-6-7-17-11(9-15)12(16)14(2)10-4-5-13-8-10;;/h10-11,13H,3-9H2,1-2H3;2*1H. The molecule has 0 bridgehead atoms. The second-order valence-electron chi connectivity index (χ2n) is 4.85. The Bertz CT molecular complexity index is 276. The fraction of sp³-hybridized carbons (Fsp3) is 0.917. The molecule has 114 valence electrons. The molecule has 2 heterocycles. The SMILES string of the molecule is CCN1CCOC(C(=O)N(C)C2CCNC2)C1.Cl.Cl. The van der Waals surface area contributed by atoms with E-state index in [1.165, 1.54) is 0 Å². The van der Waals surface area contributed by atoms with Gasteiger partial charge in [0.05, 0.1) is 6.61 Å². The maximum absolute atomic E-state index is 12.3. The monoisotopic (exact) mass is 313 g/mol. The molecule has 2 atom stereocenters. The first-order chi connectivity index (χ1) is 8.22. The van der Waals surface area contributed by atoms with Crippen molar-refractivity contribution in [2.45, 2.75) is 25.5 Å². The van der Waals surface area contributed by atoms with E-state index >= 15 is 0 Å². The summed E-state index contributed by atoms with van der Waals surface area (Å²) in [6.45, 7) is 7.37. The smallest absolute Gasteiger partial charge is 0.253 e. The van der Waals surface area contributed by atoms with Gasteiger partial charge in [0.2, 0.25) is 0 Å². The number of ether oxygens (including phenoxy) is 1. The molecule has 2 saturated heterocycles. The average molecular weight is 314 g/mol. The molecule has 0 saturated carbocycles. The van der Waals surface area contributed by atoms with Crippen LogP contribution in [0.4, 0.5) is 0 Å². The topological polar surface area (TPSA) is 44.8 Å². The molecule has 0 aliphatic carbocycles. The molecule has 2 aliphatic rings. The molecule has 19 heavy (non-hydrogen) atoms. The van der Waals surface area contributed by atoms with E-state index in [-0.39, 0.29) is 36.8 Å². The summed E-state index contributed by atoms with van der Waals surface area (Å²) in [4.78, 5) is 16.4. The van der Waals surface area contributed by atoms with Crippen LogP contribution in [-0.4, -0.2) is 74.2 Å². The highest BCUT2D eigenvalue weighted by Gasteiger charge is 2.32. The first-order valence-electron chi connectivity index (χ1n) is 6.53. The predicted molar refractivity (Wildman–Crippen MR) is 80.4 cm³/mol. The normalized spacial score (nSPS) is 27.3. The number of carbonyl (C=O) groups excluding carboxylic acids is 1. The summed E-state index contributed by atoms with van der Waals surface area (Å²) in [7, 11) is 1.90. The molecule has 0 spiro atoms.